The first-order valence-corrected chi connectivity index (χ1v) is 10.6. The van der Waals surface area contributed by atoms with Crippen molar-refractivity contribution in [3.05, 3.63) is 64.4 Å². The summed E-state index contributed by atoms with van der Waals surface area (Å²) in [6.07, 6.45) is 0. The highest BCUT2D eigenvalue weighted by molar-refractivity contribution is 7.89. The summed E-state index contributed by atoms with van der Waals surface area (Å²) >= 11 is 0. The fraction of sp³-hybridized carbons (Fsp3) is 0.0952. The van der Waals surface area contributed by atoms with Gasteiger partial charge in [0.25, 0.3) is 5.56 Å². The molecule has 0 aliphatic carbocycles. The Bertz CT molecular complexity index is 1510. The Kier molecular flexibility index (Phi) is 4.85. The molecule has 0 saturated carbocycles. The van der Waals surface area contributed by atoms with Gasteiger partial charge >= 0.3 is 0 Å². The zero-order valence-corrected chi connectivity index (χ0v) is 17.5. The van der Waals surface area contributed by atoms with E-state index in [0.29, 0.717) is 27.9 Å². The second kappa shape index (κ2) is 7.39. The van der Waals surface area contributed by atoms with Gasteiger partial charge in [0.15, 0.2) is 0 Å². The number of hydrogen-bond acceptors (Lipinski definition) is 6. The number of fused-ring (bicyclic) bond motifs is 1. The smallest absolute Gasteiger partial charge is 0.262 e. The van der Waals surface area contributed by atoms with Gasteiger partial charge in [0.1, 0.15) is 5.65 Å². The molecule has 9 nitrogen and oxygen atoms in total. The summed E-state index contributed by atoms with van der Waals surface area (Å²) in [7, 11) is -0.672. The molecule has 0 amide bonds. The summed E-state index contributed by atoms with van der Waals surface area (Å²) in [5, 5.41) is 9.85. The number of benzene rings is 2. The van der Waals surface area contributed by atoms with Crippen molar-refractivity contribution in [2.75, 3.05) is 19.8 Å². The van der Waals surface area contributed by atoms with E-state index in [4.69, 9.17) is 5.73 Å². The Morgan fingerprint density at radius 3 is 2.39 bits per heavy atom. The number of hydrogen-bond donors (Lipinski definition) is 3. The molecule has 0 radical (unpaired) electrons. The second-order valence-corrected chi connectivity index (χ2v) is 9.17. The summed E-state index contributed by atoms with van der Waals surface area (Å²) in [4.78, 5) is 22.7. The minimum absolute atomic E-state index is 0.0437. The SMILES string of the molecule is CN(C)S(=O)(=O)c1ccc(-c2[nH]c3nc(N)[nH]c(=O)c3c2-c2ccccc2C#N)cc1. The Balaban J connectivity index is 2.03. The highest BCUT2D eigenvalue weighted by Gasteiger charge is 2.22. The molecule has 156 valence electrons. The summed E-state index contributed by atoms with van der Waals surface area (Å²) in [6.45, 7) is 0. The first kappa shape index (κ1) is 20.3. The van der Waals surface area contributed by atoms with Crippen LogP contribution < -0.4 is 11.3 Å². The molecule has 31 heavy (non-hydrogen) atoms. The molecule has 0 fully saturated rings. The van der Waals surface area contributed by atoms with Crippen molar-refractivity contribution in [2.45, 2.75) is 4.90 Å². The zero-order chi connectivity index (χ0) is 22.3. The van der Waals surface area contributed by atoms with Crippen LogP contribution in [0.15, 0.2) is 58.2 Å². The molecule has 10 heteroatoms. The molecule has 4 N–H and O–H groups in total. The van der Waals surface area contributed by atoms with Crippen LogP contribution in [0.5, 0.6) is 0 Å². The lowest BCUT2D eigenvalue weighted by Gasteiger charge is -2.12. The number of nitrogen functional groups attached to an aromatic ring is 1. The van der Waals surface area contributed by atoms with Crippen molar-refractivity contribution in [1.82, 2.24) is 19.3 Å². The fourth-order valence-corrected chi connectivity index (χ4v) is 4.31. The number of rotatable bonds is 4. The van der Waals surface area contributed by atoms with Crippen molar-refractivity contribution in [1.29, 1.82) is 5.26 Å². The minimum Gasteiger partial charge on any atom is -0.369 e. The lowest BCUT2D eigenvalue weighted by Crippen LogP contribution is -2.22. The summed E-state index contributed by atoms with van der Waals surface area (Å²) in [5.74, 6) is -0.0437. The van der Waals surface area contributed by atoms with Crippen LogP contribution in [0.2, 0.25) is 0 Å². The van der Waals surface area contributed by atoms with E-state index in [2.05, 4.69) is 21.0 Å². The number of nitriles is 1. The molecule has 0 bridgehead atoms. The average Bonchev–Trinajstić information content (AvgIpc) is 3.13. The van der Waals surface area contributed by atoms with E-state index >= 15 is 0 Å². The predicted molar refractivity (Wildman–Crippen MR) is 118 cm³/mol. The maximum absolute atomic E-state index is 12.7. The lowest BCUT2D eigenvalue weighted by atomic mass is 9.96. The number of aromatic nitrogens is 3. The standard InChI is InChI=1S/C21H18N6O3S/c1-27(2)31(29,30)14-9-7-12(8-10-14)18-16(15-6-4-3-5-13(15)11-22)17-19(24-18)25-21(23)26-20(17)28/h3-10H,1-2H3,(H4,23,24,25,26,28). The van der Waals surface area contributed by atoms with Crippen molar-refractivity contribution in [3.8, 4) is 28.5 Å². The van der Waals surface area contributed by atoms with Crippen molar-refractivity contribution in [2.24, 2.45) is 0 Å². The maximum Gasteiger partial charge on any atom is 0.262 e. The van der Waals surface area contributed by atoms with Gasteiger partial charge in [0.05, 0.1) is 27.6 Å². The van der Waals surface area contributed by atoms with E-state index in [9.17, 15) is 18.5 Å². The van der Waals surface area contributed by atoms with Gasteiger partial charge in [-0.05, 0) is 23.8 Å². The third kappa shape index (κ3) is 3.35. The van der Waals surface area contributed by atoms with Crippen LogP contribution in [-0.2, 0) is 10.0 Å². The van der Waals surface area contributed by atoms with Crippen LogP contribution in [0.4, 0.5) is 5.95 Å². The van der Waals surface area contributed by atoms with Gasteiger partial charge in [0, 0.05) is 25.2 Å². The van der Waals surface area contributed by atoms with Crippen LogP contribution >= 0.6 is 0 Å². The van der Waals surface area contributed by atoms with Gasteiger partial charge < -0.3 is 10.7 Å². The number of nitrogens with zero attached hydrogens (tertiary/aromatic N) is 3. The quantitative estimate of drug-likeness (QED) is 0.449. The number of nitrogens with two attached hydrogens (primary N) is 1. The Morgan fingerprint density at radius 1 is 1.06 bits per heavy atom. The van der Waals surface area contributed by atoms with E-state index in [-0.39, 0.29) is 21.9 Å². The molecule has 4 aromatic rings. The Labute approximate surface area is 177 Å². The van der Waals surface area contributed by atoms with Crippen LogP contribution in [0, 0.1) is 11.3 Å². The molecule has 0 saturated heterocycles. The van der Waals surface area contributed by atoms with E-state index in [1.807, 2.05) is 0 Å². The maximum atomic E-state index is 12.7. The fourth-order valence-electron chi connectivity index (χ4n) is 3.41. The highest BCUT2D eigenvalue weighted by atomic mass is 32.2. The van der Waals surface area contributed by atoms with Crippen LogP contribution in [0.3, 0.4) is 0 Å². The zero-order valence-electron chi connectivity index (χ0n) is 16.7. The highest BCUT2D eigenvalue weighted by Crippen LogP contribution is 2.38. The molecular weight excluding hydrogens is 416 g/mol. The Hall–Kier alpha value is -3.94. The second-order valence-electron chi connectivity index (χ2n) is 7.02. The predicted octanol–water partition coefficient (Wildman–Crippen LogP) is 2.29. The van der Waals surface area contributed by atoms with Gasteiger partial charge in [-0.2, -0.15) is 10.2 Å². The Morgan fingerprint density at radius 2 is 1.74 bits per heavy atom. The minimum atomic E-state index is -3.59. The number of anilines is 1. The third-order valence-electron chi connectivity index (χ3n) is 4.92. The number of nitrogens with one attached hydrogen (secondary N) is 2. The third-order valence-corrected chi connectivity index (χ3v) is 6.75. The van der Waals surface area contributed by atoms with Crippen molar-refractivity contribution in [3.63, 3.8) is 0 Å². The number of aromatic amines is 2. The molecule has 0 spiro atoms. The first-order valence-electron chi connectivity index (χ1n) is 9.18. The van der Waals surface area contributed by atoms with E-state index in [1.165, 1.54) is 26.2 Å². The van der Waals surface area contributed by atoms with Gasteiger partial charge in [0.2, 0.25) is 16.0 Å². The van der Waals surface area contributed by atoms with Crippen LogP contribution in [0.1, 0.15) is 5.56 Å². The molecule has 2 aromatic heterocycles. The lowest BCUT2D eigenvalue weighted by molar-refractivity contribution is 0.521. The molecule has 2 aromatic carbocycles. The van der Waals surface area contributed by atoms with Crippen LogP contribution in [-0.4, -0.2) is 41.8 Å². The summed E-state index contributed by atoms with van der Waals surface area (Å²) < 4.78 is 25.9. The van der Waals surface area contributed by atoms with E-state index in [1.54, 1.807) is 36.4 Å². The molecule has 2 heterocycles. The van der Waals surface area contributed by atoms with E-state index < -0.39 is 15.6 Å². The average molecular weight is 434 g/mol. The van der Waals surface area contributed by atoms with Crippen LogP contribution in [0.25, 0.3) is 33.4 Å². The van der Waals surface area contributed by atoms with Gasteiger partial charge in [-0.25, -0.2) is 12.7 Å². The summed E-state index contributed by atoms with van der Waals surface area (Å²) in [5.41, 5.74) is 8.09. The van der Waals surface area contributed by atoms with Gasteiger partial charge in [-0.3, -0.25) is 9.78 Å². The monoisotopic (exact) mass is 434 g/mol. The normalized spacial score (nSPS) is 11.7. The largest absolute Gasteiger partial charge is 0.369 e. The first-order chi connectivity index (χ1) is 14.7. The molecule has 4 rings (SSSR count). The molecule has 0 aliphatic rings. The van der Waals surface area contributed by atoms with E-state index in [0.717, 1.165) is 4.31 Å². The molecule has 0 aliphatic heterocycles. The van der Waals surface area contributed by atoms with Crippen molar-refractivity contribution < 1.29 is 8.42 Å². The number of sulfonamides is 1. The topological polar surface area (TPSA) is 149 Å². The molecular formula is C21H18N6O3S. The van der Waals surface area contributed by atoms with Gasteiger partial charge in [-0.1, -0.05) is 30.3 Å². The molecule has 0 atom stereocenters. The molecule has 0 unspecified atom stereocenters. The van der Waals surface area contributed by atoms with Gasteiger partial charge in [-0.15, -0.1) is 0 Å². The van der Waals surface area contributed by atoms with Crippen molar-refractivity contribution >= 4 is 27.0 Å². The number of H-pyrrole nitrogens is 2. The summed E-state index contributed by atoms with van der Waals surface area (Å²) in [6, 6.07) is 15.3.